The van der Waals surface area contributed by atoms with Gasteiger partial charge in [0, 0.05) is 9.79 Å². The number of likely N-dealkylation sites (tertiary alicyclic amines) is 1. The van der Waals surface area contributed by atoms with Crippen molar-refractivity contribution in [3.8, 4) is 0 Å². The monoisotopic (exact) mass is 369 g/mol. The van der Waals surface area contributed by atoms with Crippen molar-refractivity contribution in [2.45, 2.75) is 35.1 Å². The molecule has 5 nitrogen and oxygen atoms in total. The number of anilines is 1. The molecule has 0 aliphatic carbocycles. The zero-order chi connectivity index (χ0) is 18.4. The number of carbonyl (C=O) groups is 2. The van der Waals surface area contributed by atoms with Gasteiger partial charge in [-0.15, -0.1) is 0 Å². The molecule has 2 aromatic carbocycles. The summed E-state index contributed by atoms with van der Waals surface area (Å²) in [6.07, 6.45) is 2.68. The Morgan fingerprint density at radius 2 is 1.81 bits per heavy atom. The molecular formula is C20H23N3O2S. The largest absolute Gasteiger partial charge is 0.368 e. The topological polar surface area (TPSA) is 75.4 Å². The van der Waals surface area contributed by atoms with Crippen molar-refractivity contribution in [2.75, 3.05) is 18.4 Å². The Labute approximate surface area is 157 Å². The minimum atomic E-state index is -0.350. The molecule has 1 aliphatic heterocycles. The molecule has 0 radical (unpaired) electrons. The summed E-state index contributed by atoms with van der Waals surface area (Å²) in [4.78, 5) is 28.1. The van der Waals surface area contributed by atoms with Crippen LogP contribution in [0.1, 0.15) is 19.3 Å². The minimum absolute atomic E-state index is 0.126. The number of benzene rings is 2. The molecule has 3 rings (SSSR count). The van der Waals surface area contributed by atoms with E-state index < -0.39 is 0 Å². The van der Waals surface area contributed by atoms with Crippen molar-refractivity contribution in [3.63, 3.8) is 0 Å². The summed E-state index contributed by atoms with van der Waals surface area (Å²) in [5, 5.41) is 2.98. The molecule has 0 aromatic heterocycles. The smallest absolute Gasteiger partial charge is 0.238 e. The lowest BCUT2D eigenvalue weighted by molar-refractivity contribution is -0.126. The van der Waals surface area contributed by atoms with Gasteiger partial charge in [-0.05, 0) is 43.7 Å². The van der Waals surface area contributed by atoms with Crippen LogP contribution >= 0.6 is 11.8 Å². The van der Waals surface area contributed by atoms with Crippen LogP contribution in [0.5, 0.6) is 0 Å². The molecule has 26 heavy (non-hydrogen) atoms. The van der Waals surface area contributed by atoms with Crippen LogP contribution in [0, 0.1) is 0 Å². The number of nitrogens with one attached hydrogen (secondary N) is 1. The molecule has 6 heteroatoms. The molecule has 136 valence electrons. The van der Waals surface area contributed by atoms with E-state index in [2.05, 4.69) is 5.32 Å². The molecule has 1 fully saturated rings. The standard InChI is InChI=1S/C20H23N3O2S/c21-20(25)17-11-6-7-13-23(17)14-19(24)22-16-10-4-5-12-18(16)26-15-8-2-1-3-9-15/h1-5,8-10,12,17H,6-7,11,13-14H2,(H2,21,25)(H,22,24)/t17-/m1/s1. The third kappa shape index (κ3) is 4.86. The first kappa shape index (κ1) is 18.5. The summed E-state index contributed by atoms with van der Waals surface area (Å²) in [6, 6.07) is 17.4. The number of para-hydroxylation sites is 1. The second-order valence-electron chi connectivity index (χ2n) is 6.34. The van der Waals surface area contributed by atoms with E-state index in [-0.39, 0.29) is 24.4 Å². The quantitative estimate of drug-likeness (QED) is 0.820. The number of hydrogen-bond acceptors (Lipinski definition) is 4. The Morgan fingerprint density at radius 3 is 2.58 bits per heavy atom. The van der Waals surface area contributed by atoms with Crippen LogP contribution < -0.4 is 11.1 Å². The van der Waals surface area contributed by atoms with E-state index in [4.69, 9.17) is 5.73 Å². The van der Waals surface area contributed by atoms with Gasteiger partial charge in [0.25, 0.3) is 0 Å². The highest BCUT2D eigenvalue weighted by atomic mass is 32.2. The summed E-state index contributed by atoms with van der Waals surface area (Å²) >= 11 is 1.61. The lowest BCUT2D eigenvalue weighted by Crippen LogP contribution is -2.50. The maximum absolute atomic E-state index is 12.5. The van der Waals surface area contributed by atoms with Crippen LogP contribution in [0.25, 0.3) is 0 Å². The molecule has 0 bridgehead atoms. The molecule has 2 amide bonds. The lowest BCUT2D eigenvalue weighted by atomic mass is 10.0. The molecule has 1 saturated heterocycles. The van der Waals surface area contributed by atoms with Crippen LogP contribution in [0.3, 0.4) is 0 Å². The molecule has 1 heterocycles. The fraction of sp³-hybridized carbons (Fsp3) is 0.300. The Kier molecular flexibility index (Phi) is 6.30. The fourth-order valence-electron chi connectivity index (χ4n) is 3.15. The van der Waals surface area contributed by atoms with Gasteiger partial charge >= 0.3 is 0 Å². The Hall–Kier alpha value is -2.31. The van der Waals surface area contributed by atoms with Gasteiger partial charge in [0.2, 0.25) is 11.8 Å². The van der Waals surface area contributed by atoms with Crippen molar-refractivity contribution in [1.82, 2.24) is 4.90 Å². The summed E-state index contributed by atoms with van der Waals surface area (Å²) in [5.74, 6) is -0.475. The van der Waals surface area contributed by atoms with Crippen molar-refractivity contribution in [1.29, 1.82) is 0 Å². The highest BCUT2D eigenvalue weighted by Gasteiger charge is 2.28. The first-order valence-electron chi connectivity index (χ1n) is 8.78. The minimum Gasteiger partial charge on any atom is -0.368 e. The van der Waals surface area contributed by atoms with Gasteiger partial charge in [0.15, 0.2) is 0 Å². The van der Waals surface area contributed by atoms with E-state index in [1.807, 2.05) is 59.5 Å². The van der Waals surface area contributed by atoms with Crippen molar-refractivity contribution in [3.05, 3.63) is 54.6 Å². The molecule has 2 aromatic rings. The van der Waals surface area contributed by atoms with Crippen molar-refractivity contribution >= 4 is 29.3 Å². The van der Waals surface area contributed by atoms with Gasteiger partial charge in [-0.2, -0.15) is 0 Å². The van der Waals surface area contributed by atoms with Crippen LogP contribution in [0.4, 0.5) is 5.69 Å². The number of hydrogen-bond donors (Lipinski definition) is 2. The second-order valence-corrected chi connectivity index (χ2v) is 7.46. The summed E-state index contributed by atoms with van der Waals surface area (Å²) < 4.78 is 0. The van der Waals surface area contributed by atoms with Crippen molar-refractivity contribution in [2.24, 2.45) is 5.73 Å². The molecule has 1 atom stereocenters. The predicted octanol–water partition coefficient (Wildman–Crippen LogP) is 3.12. The number of amides is 2. The average Bonchev–Trinajstić information content (AvgIpc) is 2.64. The van der Waals surface area contributed by atoms with Gasteiger partial charge in [-0.1, -0.05) is 48.5 Å². The van der Waals surface area contributed by atoms with Crippen LogP contribution in [-0.2, 0) is 9.59 Å². The van der Waals surface area contributed by atoms with E-state index >= 15 is 0 Å². The van der Waals surface area contributed by atoms with Gasteiger partial charge in [-0.25, -0.2) is 0 Å². The summed E-state index contributed by atoms with van der Waals surface area (Å²) in [7, 11) is 0. The van der Waals surface area contributed by atoms with Gasteiger partial charge < -0.3 is 11.1 Å². The normalized spacial score (nSPS) is 17.6. The van der Waals surface area contributed by atoms with E-state index in [1.54, 1.807) is 11.8 Å². The molecule has 0 spiro atoms. The SMILES string of the molecule is NC(=O)[C@H]1CCCCN1CC(=O)Nc1ccccc1Sc1ccccc1. The van der Waals surface area contributed by atoms with E-state index in [9.17, 15) is 9.59 Å². The van der Waals surface area contributed by atoms with E-state index in [1.165, 1.54) is 0 Å². The predicted molar refractivity (Wildman–Crippen MR) is 104 cm³/mol. The third-order valence-corrected chi connectivity index (χ3v) is 5.50. The zero-order valence-corrected chi connectivity index (χ0v) is 15.4. The van der Waals surface area contributed by atoms with Crippen LogP contribution in [0.15, 0.2) is 64.4 Å². The number of primary amides is 1. The summed E-state index contributed by atoms with van der Waals surface area (Å²) in [6.45, 7) is 0.902. The molecule has 1 aliphatic rings. The Morgan fingerprint density at radius 1 is 1.08 bits per heavy atom. The molecule has 0 saturated carbocycles. The second kappa shape index (κ2) is 8.87. The number of rotatable bonds is 6. The Bertz CT molecular complexity index is 767. The third-order valence-electron chi connectivity index (χ3n) is 4.42. The number of piperidine rings is 1. The maximum atomic E-state index is 12.5. The molecular weight excluding hydrogens is 346 g/mol. The first-order valence-corrected chi connectivity index (χ1v) is 9.60. The highest BCUT2D eigenvalue weighted by Crippen LogP contribution is 2.33. The first-order chi connectivity index (χ1) is 12.6. The number of nitrogens with two attached hydrogens (primary N) is 1. The highest BCUT2D eigenvalue weighted by molar-refractivity contribution is 7.99. The maximum Gasteiger partial charge on any atom is 0.238 e. The summed E-state index contributed by atoms with van der Waals surface area (Å²) in [5.41, 5.74) is 6.26. The number of nitrogens with zero attached hydrogens (tertiary/aromatic N) is 1. The van der Waals surface area contributed by atoms with Crippen LogP contribution in [0.2, 0.25) is 0 Å². The Balaban J connectivity index is 1.66. The average molecular weight is 369 g/mol. The van der Waals surface area contributed by atoms with Crippen molar-refractivity contribution < 1.29 is 9.59 Å². The number of carbonyl (C=O) groups excluding carboxylic acids is 2. The zero-order valence-electron chi connectivity index (χ0n) is 14.6. The molecule has 3 N–H and O–H groups in total. The van der Waals surface area contributed by atoms with Gasteiger partial charge in [0.1, 0.15) is 0 Å². The van der Waals surface area contributed by atoms with Gasteiger partial charge in [-0.3, -0.25) is 14.5 Å². The van der Waals surface area contributed by atoms with Crippen LogP contribution in [-0.4, -0.2) is 35.8 Å². The van der Waals surface area contributed by atoms with Gasteiger partial charge in [0.05, 0.1) is 18.3 Å². The fourth-order valence-corrected chi connectivity index (χ4v) is 4.07. The van der Waals surface area contributed by atoms with E-state index in [0.29, 0.717) is 0 Å². The lowest BCUT2D eigenvalue weighted by Gasteiger charge is -2.32. The molecule has 0 unspecified atom stereocenters. The van der Waals surface area contributed by atoms with E-state index in [0.717, 1.165) is 41.3 Å².